The van der Waals surface area contributed by atoms with E-state index in [-0.39, 0.29) is 0 Å². The van der Waals surface area contributed by atoms with Gasteiger partial charge in [-0.05, 0) is 37.8 Å². The van der Waals surface area contributed by atoms with Gasteiger partial charge in [0, 0.05) is 19.5 Å². The van der Waals surface area contributed by atoms with Gasteiger partial charge in [-0.15, -0.1) is 0 Å². The number of imidazole rings is 1. The van der Waals surface area contributed by atoms with E-state index in [2.05, 4.69) is 29.7 Å². The molecule has 1 atom stereocenters. The molecule has 1 aromatic heterocycles. The van der Waals surface area contributed by atoms with E-state index in [1.165, 1.54) is 5.52 Å². The molecule has 1 unspecified atom stereocenters. The molecular formula is C17H27N3O. The lowest BCUT2D eigenvalue weighted by Gasteiger charge is -2.25. The Kier molecular flexibility index (Phi) is 5.37. The number of nitrogens with two attached hydrogens (primary N) is 1. The number of rotatable bonds is 8. The number of aromatic nitrogens is 2. The van der Waals surface area contributed by atoms with Gasteiger partial charge < -0.3 is 15.4 Å². The molecule has 0 saturated carbocycles. The van der Waals surface area contributed by atoms with E-state index in [1.54, 1.807) is 0 Å². The van der Waals surface area contributed by atoms with Crippen molar-refractivity contribution in [1.29, 1.82) is 0 Å². The fourth-order valence-electron chi connectivity index (χ4n) is 2.78. The van der Waals surface area contributed by atoms with E-state index in [0.29, 0.717) is 13.0 Å². The molecule has 0 aliphatic heterocycles. The topological polar surface area (TPSA) is 64.1 Å². The van der Waals surface area contributed by atoms with Crippen LogP contribution in [0.5, 0.6) is 0 Å². The molecule has 0 fully saturated rings. The number of fused-ring (bicyclic) bond motifs is 1. The lowest BCUT2D eigenvalue weighted by molar-refractivity contribution is 0.0334. The standard InChI is InChI=1S/C17H27N3O/c1-3-8-16-19-14-9-5-6-10-15(14)20(16)12-7-11-17(21,4-2)13-18/h5-6,9-10,21H,3-4,7-8,11-13,18H2,1-2H3. The molecule has 1 heterocycles. The first-order valence-electron chi connectivity index (χ1n) is 8.00. The zero-order chi connectivity index (χ0) is 15.3. The van der Waals surface area contributed by atoms with Gasteiger partial charge in [-0.25, -0.2) is 4.98 Å². The highest BCUT2D eigenvalue weighted by molar-refractivity contribution is 5.75. The third-order valence-corrected chi connectivity index (χ3v) is 4.27. The average molecular weight is 289 g/mol. The number of aryl methyl sites for hydroxylation is 2. The summed E-state index contributed by atoms with van der Waals surface area (Å²) >= 11 is 0. The van der Waals surface area contributed by atoms with Gasteiger partial charge in [-0.3, -0.25) is 0 Å². The third-order valence-electron chi connectivity index (χ3n) is 4.27. The van der Waals surface area contributed by atoms with Gasteiger partial charge in [0.25, 0.3) is 0 Å². The Bertz CT molecular complexity index is 572. The zero-order valence-corrected chi connectivity index (χ0v) is 13.2. The van der Waals surface area contributed by atoms with Crippen molar-refractivity contribution in [3.63, 3.8) is 0 Å². The summed E-state index contributed by atoms with van der Waals surface area (Å²) in [7, 11) is 0. The van der Waals surface area contributed by atoms with Crippen LogP contribution in [0.2, 0.25) is 0 Å². The number of aliphatic hydroxyl groups is 1. The van der Waals surface area contributed by atoms with Crippen LogP contribution in [-0.4, -0.2) is 26.8 Å². The highest BCUT2D eigenvalue weighted by Crippen LogP contribution is 2.21. The molecule has 0 spiro atoms. The van der Waals surface area contributed by atoms with Gasteiger partial charge in [0.05, 0.1) is 16.6 Å². The van der Waals surface area contributed by atoms with Crippen molar-refractivity contribution < 1.29 is 5.11 Å². The average Bonchev–Trinajstić information content (AvgIpc) is 2.85. The first-order valence-corrected chi connectivity index (χ1v) is 8.00. The predicted octanol–water partition coefficient (Wildman–Crippen LogP) is 2.87. The van der Waals surface area contributed by atoms with Crippen LogP contribution in [0.25, 0.3) is 11.0 Å². The molecule has 0 bridgehead atoms. The Morgan fingerprint density at radius 1 is 1.29 bits per heavy atom. The van der Waals surface area contributed by atoms with E-state index in [9.17, 15) is 5.11 Å². The molecule has 116 valence electrons. The number of benzene rings is 1. The number of hydrogen-bond acceptors (Lipinski definition) is 3. The van der Waals surface area contributed by atoms with Gasteiger partial charge in [0.15, 0.2) is 0 Å². The molecule has 0 radical (unpaired) electrons. The summed E-state index contributed by atoms with van der Waals surface area (Å²) in [4.78, 5) is 4.73. The number of hydrogen-bond donors (Lipinski definition) is 2. The summed E-state index contributed by atoms with van der Waals surface area (Å²) in [5, 5.41) is 10.3. The summed E-state index contributed by atoms with van der Waals surface area (Å²) in [5.41, 5.74) is 7.20. The fraction of sp³-hybridized carbons (Fsp3) is 0.588. The first-order chi connectivity index (χ1) is 10.1. The van der Waals surface area contributed by atoms with Crippen LogP contribution in [0.3, 0.4) is 0 Å². The minimum absolute atomic E-state index is 0.329. The second-order valence-corrected chi connectivity index (χ2v) is 5.80. The van der Waals surface area contributed by atoms with Crippen molar-refractivity contribution >= 4 is 11.0 Å². The summed E-state index contributed by atoms with van der Waals surface area (Å²) in [6, 6.07) is 8.27. The maximum Gasteiger partial charge on any atom is 0.109 e. The van der Waals surface area contributed by atoms with E-state index in [0.717, 1.165) is 43.6 Å². The Labute approximate surface area is 127 Å². The van der Waals surface area contributed by atoms with Crippen LogP contribution in [0.4, 0.5) is 0 Å². The predicted molar refractivity (Wildman–Crippen MR) is 87.3 cm³/mol. The molecule has 2 aromatic rings. The summed E-state index contributed by atoms with van der Waals surface area (Å²) in [6.45, 7) is 5.38. The van der Waals surface area contributed by atoms with Crippen molar-refractivity contribution in [2.45, 2.75) is 58.1 Å². The van der Waals surface area contributed by atoms with Crippen molar-refractivity contribution in [2.75, 3.05) is 6.54 Å². The third kappa shape index (κ3) is 3.63. The van der Waals surface area contributed by atoms with E-state index >= 15 is 0 Å². The molecule has 1 aromatic carbocycles. The maximum absolute atomic E-state index is 10.3. The van der Waals surface area contributed by atoms with Crippen LogP contribution in [-0.2, 0) is 13.0 Å². The summed E-state index contributed by atoms with van der Waals surface area (Å²) < 4.78 is 2.30. The lowest BCUT2D eigenvalue weighted by atomic mass is 9.95. The minimum atomic E-state index is -0.721. The van der Waals surface area contributed by atoms with Crippen molar-refractivity contribution in [3.8, 4) is 0 Å². The molecule has 0 aliphatic rings. The van der Waals surface area contributed by atoms with Crippen molar-refractivity contribution in [3.05, 3.63) is 30.1 Å². The van der Waals surface area contributed by atoms with E-state index in [4.69, 9.17) is 10.7 Å². The monoisotopic (exact) mass is 289 g/mol. The second-order valence-electron chi connectivity index (χ2n) is 5.80. The molecule has 4 nitrogen and oxygen atoms in total. The Hall–Kier alpha value is -1.39. The van der Waals surface area contributed by atoms with Crippen molar-refractivity contribution in [1.82, 2.24) is 9.55 Å². The lowest BCUT2D eigenvalue weighted by Crippen LogP contribution is -2.37. The van der Waals surface area contributed by atoms with Crippen LogP contribution < -0.4 is 5.73 Å². The normalized spacial score (nSPS) is 14.5. The molecule has 0 amide bonds. The van der Waals surface area contributed by atoms with Gasteiger partial charge in [0.1, 0.15) is 5.82 Å². The van der Waals surface area contributed by atoms with Gasteiger partial charge in [-0.1, -0.05) is 26.0 Å². The summed E-state index contributed by atoms with van der Waals surface area (Å²) in [5.74, 6) is 1.14. The van der Waals surface area contributed by atoms with Crippen LogP contribution in [0.15, 0.2) is 24.3 Å². The smallest absolute Gasteiger partial charge is 0.109 e. The SMILES string of the molecule is CCCc1nc2ccccc2n1CCCC(O)(CC)CN. The van der Waals surface area contributed by atoms with E-state index < -0.39 is 5.60 Å². The molecule has 0 aliphatic carbocycles. The molecular weight excluding hydrogens is 262 g/mol. The molecule has 4 heteroatoms. The summed E-state index contributed by atoms with van der Waals surface area (Å²) in [6.07, 6.45) is 4.43. The second kappa shape index (κ2) is 7.05. The van der Waals surface area contributed by atoms with Gasteiger partial charge >= 0.3 is 0 Å². The highest BCUT2D eigenvalue weighted by atomic mass is 16.3. The van der Waals surface area contributed by atoms with Crippen LogP contribution >= 0.6 is 0 Å². The maximum atomic E-state index is 10.3. The number of nitrogens with zero attached hydrogens (tertiary/aromatic N) is 2. The van der Waals surface area contributed by atoms with Gasteiger partial charge in [0.2, 0.25) is 0 Å². The van der Waals surface area contributed by atoms with Crippen molar-refractivity contribution in [2.24, 2.45) is 5.73 Å². The molecule has 21 heavy (non-hydrogen) atoms. The Balaban J connectivity index is 2.15. The molecule has 3 N–H and O–H groups in total. The quantitative estimate of drug-likeness (QED) is 0.785. The Morgan fingerprint density at radius 3 is 2.71 bits per heavy atom. The molecule has 2 rings (SSSR count). The van der Waals surface area contributed by atoms with Gasteiger partial charge in [-0.2, -0.15) is 0 Å². The highest BCUT2D eigenvalue weighted by Gasteiger charge is 2.22. The van der Waals surface area contributed by atoms with Crippen LogP contribution in [0.1, 0.15) is 45.4 Å². The minimum Gasteiger partial charge on any atom is -0.389 e. The first kappa shape index (κ1) is 16.0. The number of para-hydroxylation sites is 2. The largest absolute Gasteiger partial charge is 0.389 e. The Morgan fingerprint density at radius 2 is 2.05 bits per heavy atom. The zero-order valence-electron chi connectivity index (χ0n) is 13.2. The van der Waals surface area contributed by atoms with E-state index in [1.807, 2.05) is 13.0 Å². The molecule has 0 saturated heterocycles. The van der Waals surface area contributed by atoms with Crippen LogP contribution in [0, 0.1) is 0 Å². The fourth-order valence-corrected chi connectivity index (χ4v) is 2.78.